The lowest BCUT2D eigenvalue weighted by Crippen LogP contribution is -2.46. The van der Waals surface area contributed by atoms with Crippen molar-refractivity contribution in [2.45, 2.75) is 44.6 Å². The van der Waals surface area contributed by atoms with E-state index < -0.39 is 0 Å². The summed E-state index contributed by atoms with van der Waals surface area (Å²) in [6.45, 7) is 3.33. The molecule has 1 aliphatic heterocycles. The van der Waals surface area contributed by atoms with Crippen molar-refractivity contribution in [3.8, 4) is 11.5 Å². The van der Waals surface area contributed by atoms with Crippen LogP contribution in [-0.2, 0) is 0 Å². The highest BCUT2D eigenvalue weighted by molar-refractivity contribution is 6.32. The van der Waals surface area contributed by atoms with Crippen molar-refractivity contribution < 1.29 is 14.3 Å². The number of piperidine rings is 1. The standard InChI is InChI=1S/C20H30ClN3O3/c1-26-18-12-19(27-2)17(11-16(18)21)23-20(25)22-15-7-9-24(10-8-15)13-14-5-3-4-6-14/h11-12,14-15H,3-10,13H2,1-2H3,(H2,22,23,25). The molecular weight excluding hydrogens is 366 g/mol. The van der Waals surface area contributed by atoms with E-state index in [0.29, 0.717) is 22.2 Å². The molecule has 150 valence electrons. The zero-order valence-corrected chi connectivity index (χ0v) is 17.0. The van der Waals surface area contributed by atoms with Crippen molar-refractivity contribution in [2.24, 2.45) is 5.92 Å². The van der Waals surface area contributed by atoms with Crippen LogP contribution in [0.1, 0.15) is 38.5 Å². The molecule has 1 aromatic rings. The van der Waals surface area contributed by atoms with E-state index >= 15 is 0 Å². The monoisotopic (exact) mass is 395 g/mol. The summed E-state index contributed by atoms with van der Waals surface area (Å²) in [6.07, 6.45) is 7.52. The van der Waals surface area contributed by atoms with Gasteiger partial charge in [-0.05, 0) is 37.7 Å². The number of ether oxygens (including phenoxy) is 2. The molecular formula is C20H30ClN3O3. The van der Waals surface area contributed by atoms with Crippen molar-refractivity contribution in [3.63, 3.8) is 0 Å². The number of nitrogens with zero attached hydrogens (tertiary/aromatic N) is 1. The molecule has 27 heavy (non-hydrogen) atoms. The van der Waals surface area contributed by atoms with Crippen molar-refractivity contribution in [3.05, 3.63) is 17.2 Å². The van der Waals surface area contributed by atoms with Crippen LogP contribution in [0.5, 0.6) is 11.5 Å². The second-order valence-electron chi connectivity index (χ2n) is 7.51. The summed E-state index contributed by atoms with van der Waals surface area (Å²) in [5.74, 6) is 1.90. The van der Waals surface area contributed by atoms with Gasteiger partial charge >= 0.3 is 6.03 Å². The van der Waals surface area contributed by atoms with Crippen LogP contribution in [0.4, 0.5) is 10.5 Å². The minimum atomic E-state index is -0.233. The molecule has 1 saturated carbocycles. The summed E-state index contributed by atoms with van der Waals surface area (Å²) in [4.78, 5) is 15.0. The van der Waals surface area contributed by atoms with Gasteiger partial charge in [-0.25, -0.2) is 4.79 Å². The molecule has 3 rings (SSSR count). The van der Waals surface area contributed by atoms with Gasteiger partial charge in [-0.2, -0.15) is 0 Å². The normalized spacial score (nSPS) is 19.1. The van der Waals surface area contributed by atoms with E-state index in [2.05, 4.69) is 15.5 Å². The Bertz CT molecular complexity index is 642. The topological polar surface area (TPSA) is 62.8 Å². The number of rotatable bonds is 6. The van der Waals surface area contributed by atoms with Gasteiger partial charge < -0.3 is 25.0 Å². The molecule has 0 radical (unpaired) electrons. The number of anilines is 1. The smallest absolute Gasteiger partial charge is 0.319 e. The average molecular weight is 396 g/mol. The Morgan fingerprint density at radius 1 is 1.11 bits per heavy atom. The maximum absolute atomic E-state index is 12.4. The first-order valence-corrected chi connectivity index (χ1v) is 10.2. The zero-order valence-electron chi connectivity index (χ0n) is 16.2. The highest BCUT2D eigenvalue weighted by Gasteiger charge is 2.24. The van der Waals surface area contributed by atoms with Crippen LogP contribution in [0.15, 0.2) is 12.1 Å². The molecule has 2 N–H and O–H groups in total. The molecule has 2 fully saturated rings. The summed E-state index contributed by atoms with van der Waals surface area (Å²) in [5.41, 5.74) is 0.527. The van der Waals surface area contributed by atoms with Crippen LogP contribution in [0.25, 0.3) is 0 Å². The fourth-order valence-corrected chi connectivity index (χ4v) is 4.36. The number of hydrogen-bond acceptors (Lipinski definition) is 4. The van der Waals surface area contributed by atoms with E-state index in [1.807, 2.05) is 0 Å². The Kier molecular flexibility index (Phi) is 7.07. The maximum atomic E-state index is 12.4. The predicted octanol–water partition coefficient (Wildman–Crippen LogP) is 4.13. The number of halogens is 1. The summed E-state index contributed by atoms with van der Waals surface area (Å²) in [7, 11) is 3.09. The Morgan fingerprint density at radius 2 is 1.78 bits per heavy atom. The largest absolute Gasteiger partial charge is 0.495 e. The molecule has 0 atom stereocenters. The third kappa shape index (κ3) is 5.42. The summed E-state index contributed by atoms with van der Waals surface area (Å²) < 4.78 is 10.5. The fraction of sp³-hybridized carbons (Fsp3) is 0.650. The van der Waals surface area contributed by atoms with Crippen LogP contribution in [0.2, 0.25) is 5.02 Å². The van der Waals surface area contributed by atoms with Crippen LogP contribution in [-0.4, -0.2) is 50.8 Å². The molecule has 0 aromatic heterocycles. The zero-order chi connectivity index (χ0) is 19.2. The molecule has 1 heterocycles. The van der Waals surface area contributed by atoms with E-state index in [0.717, 1.165) is 31.8 Å². The van der Waals surface area contributed by atoms with Gasteiger partial charge in [0.05, 0.1) is 24.9 Å². The van der Waals surface area contributed by atoms with Crippen LogP contribution in [0, 0.1) is 5.92 Å². The lowest BCUT2D eigenvalue weighted by molar-refractivity contribution is 0.173. The fourth-order valence-electron chi connectivity index (χ4n) is 4.12. The van der Waals surface area contributed by atoms with Gasteiger partial charge in [0.1, 0.15) is 11.5 Å². The van der Waals surface area contributed by atoms with Crippen molar-refractivity contribution >= 4 is 23.3 Å². The Balaban J connectivity index is 1.48. The number of nitrogens with one attached hydrogen (secondary N) is 2. The van der Waals surface area contributed by atoms with Crippen LogP contribution < -0.4 is 20.1 Å². The minimum Gasteiger partial charge on any atom is -0.495 e. The van der Waals surface area contributed by atoms with Gasteiger partial charge in [-0.1, -0.05) is 24.4 Å². The van der Waals surface area contributed by atoms with E-state index in [-0.39, 0.29) is 12.1 Å². The number of carbonyl (C=O) groups is 1. The van der Waals surface area contributed by atoms with E-state index in [1.165, 1.54) is 32.2 Å². The molecule has 1 aromatic carbocycles. The third-order valence-electron chi connectivity index (χ3n) is 5.64. The van der Waals surface area contributed by atoms with Gasteiger partial charge in [0.15, 0.2) is 0 Å². The van der Waals surface area contributed by atoms with Crippen molar-refractivity contribution in [1.82, 2.24) is 10.2 Å². The molecule has 1 saturated heterocycles. The van der Waals surface area contributed by atoms with Crippen molar-refractivity contribution in [1.29, 1.82) is 0 Å². The molecule has 2 amide bonds. The van der Waals surface area contributed by atoms with E-state index in [4.69, 9.17) is 21.1 Å². The average Bonchev–Trinajstić information content (AvgIpc) is 3.16. The highest BCUT2D eigenvalue weighted by atomic mass is 35.5. The van der Waals surface area contributed by atoms with Gasteiger partial charge in [-0.15, -0.1) is 0 Å². The summed E-state index contributed by atoms with van der Waals surface area (Å²) >= 11 is 6.16. The van der Waals surface area contributed by atoms with E-state index in [1.54, 1.807) is 26.4 Å². The highest BCUT2D eigenvalue weighted by Crippen LogP contribution is 2.35. The summed E-state index contributed by atoms with van der Waals surface area (Å²) in [5, 5.41) is 6.34. The number of urea groups is 1. The van der Waals surface area contributed by atoms with Crippen molar-refractivity contribution in [2.75, 3.05) is 39.2 Å². The molecule has 0 bridgehead atoms. The first-order valence-electron chi connectivity index (χ1n) is 9.80. The van der Waals surface area contributed by atoms with E-state index in [9.17, 15) is 4.79 Å². The molecule has 0 spiro atoms. The first-order chi connectivity index (χ1) is 13.1. The number of carbonyl (C=O) groups excluding carboxylic acids is 1. The molecule has 6 nitrogen and oxygen atoms in total. The minimum absolute atomic E-state index is 0.199. The summed E-state index contributed by atoms with van der Waals surface area (Å²) in [6, 6.07) is 3.27. The number of hydrogen-bond donors (Lipinski definition) is 2. The van der Waals surface area contributed by atoms with Crippen LogP contribution in [0.3, 0.4) is 0 Å². The lowest BCUT2D eigenvalue weighted by Gasteiger charge is -2.33. The van der Waals surface area contributed by atoms with Gasteiger partial charge in [0, 0.05) is 31.7 Å². The number of likely N-dealkylation sites (tertiary alicyclic amines) is 1. The van der Waals surface area contributed by atoms with Gasteiger partial charge in [0.25, 0.3) is 0 Å². The lowest BCUT2D eigenvalue weighted by atomic mass is 10.0. The molecule has 0 unspecified atom stereocenters. The molecule has 2 aliphatic rings. The quantitative estimate of drug-likeness (QED) is 0.760. The maximum Gasteiger partial charge on any atom is 0.319 e. The SMILES string of the molecule is COc1cc(OC)c(NC(=O)NC2CCN(CC3CCCC3)CC2)cc1Cl. The number of amides is 2. The Labute approximate surface area is 166 Å². The van der Waals surface area contributed by atoms with Gasteiger partial charge in [-0.3, -0.25) is 0 Å². The molecule has 7 heteroatoms. The number of benzene rings is 1. The molecule has 1 aliphatic carbocycles. The second-order valence-corrected chi connectivity index (χ2v) is 7.92. The third-order valence-corrected chi connectivity index (χ3v) is 5.93. The van der Waals surface area contributed by atoms with Gasteiger partial charge in [0.2, 0.25) is 0 Å². The Hall–Kier alpha value is -1.66. The predicted molar refractivity (Wildman–Crippen MR) is 108 cm³/mol. The Morgan fingerprint density at radius 3 is 2.41 bits per heavy atom. The second kappa shape index (κ2) is 9.51. The van der Waals surface area contributed by atoms with Crippen LogP contribution >= 0.6 is 11.6 Å². The number of methoxy groups -OCH3 is 2. The first kappa shape index (κ1) is 20.1.